The van der Waals surface area contributed by atoms with Gasteiger partial charge in [0, 0.05) is 16.5 Å². The Labute approximate surface area is 285 Å². The average molecular weight is 671 g/mol. The predicted molar refractivity (Wildman–Crippen MR) is 185 cm³/mol. The van der Waals surface area contributed by atoms with Gasteiger partial charge in [-0.05, 0) is 88.5 Å². The molecule has 6 N–H and O–H groups in total. The third-order valence-corrected chi connectivity index (χ3v) is 7.92. The van der Waals surface area contributed by atoms with E-state index >= 15 is 0 Å². The molecule has 0 atom stereocenters. The fourth-order valence-electron chi connectivity index (χ4n) is 5.24. The number of hydrazine groups is 2. The summed E-state index contributed by atoms with van der Waals surface area (Å²) in [5.41, 5.74) is 10.6. The van der Waals surface area contributed by atoms with Crippen molar-refractivity contribution in [3.63, 3.8) is 0 Å². The van der Waals surface area contributed by atoms with Crippen LogP contribution in [0.5, 0.6) is 23.0 Å². The summed E-state index contributed by atoms with van der Waals surface area (Å²) < 4.78 is 11.0. The second-order valence-corrected chi connectivity index (χ2v) is 11.0. The van der Waals surface area contributed by atoms with Crippen LogP contribution < -0.4 is 31.2 Å². The minimum atomic E-state index is -0.705. The van der Waals surface area contributed by atoms with Gasteiger partial charge < -0.3 is 19.7 Å². The highest BCUT2D eigenvalue weighted by atomic mass is 16.5. The van der Waals surface area contributed by atoms with Gasteiger partial charge >= 0.3 is 0 Å². The van der Waals surface area contributed by atoms with Crippen LogP contribution in [0.2, 0.25) is 0 Å². The largest absolute Gasteiger partial charge is 0.507 e. The van der Waals surface area contributed by atoms with Gasteiger partial charge in [0.15, 0.2) is 0 Å². The molecule has 0 radical (unpaired) electrons. The molecular weight excluding hydrogens is 640 g/mol. The number of nitrogens with one attached hydrogen (secondary N) is 4. The van der Waals surface area contributed by atoms with Crippen molar-refractivity contribution in [1.29, 1.82) is 0 Å². The third-order valence-electron chi connectivity index (χ3n) is 7.92. The number of fused-ring (bicyclic) bond motifs is 2. The molecule has 6 rings (SSSR count). The van der Waals surface area contributed by atoms with Crippen LogP contribution in [0, 0.1) is 0 Å². The SMILES string of the molecule is COc1ccc(C(=O)NNC(=O)c2ccc3c(COc4ccc(C(=O)NNC(=O)c5cc6ccccc6cc5O)cc4)cccc3c2O)cc1. The van der Waals surface area contributed by atoms with E-state index in [0.29, 0.717) is 27.8 Å². The van der Waals surface area contributed by atoms with Gasteiger partial charge in [-0.3, -0.25) is 40.9 Å². The lowest BCUT2D eigenvalue weighted by Crippen LogP contribution is -2.41. The number of carbonyl (C=O) groups excluding carboxylic acids is 4. The summed E-state index contributed by atoms with van der Waals surface area (Å²) >= 11 is 0. The Balaban J connectivity index is 1.05. The molecule has 0 fully saturated rings. The van der Waals surface area contributed by atoms with E-state index in [1.165, 1.54) is 31.4 Å². The molecule has 0 saturated heterocycles. The highest BCUT2D eigenvalue weighted by Crippen LogP contribution is 2.31. The summed E-state index contributed by atoms with van der Waals surface area (Å²) in [5, 5.41) is 23.8. The summed E-state index contributed by atoms with van der Waals surface area (Å²) in [6, 6.07) is 31.2. The predicted octanol–water partition coefficient (Wildman–Crippen LogP) is 5.14. The standard InChI is InChI=1S/C38H30N4O8/c1-49-27-13-9-22(10-14-27)35(45)39-41-37(47)31-18-17-29-26(7-4-8-30(29)34(31)44)21-50-28-15-11-23(12-16-28)36(46)40-42-38(48)32-19-24-5-2-3-6-25(24)20-33(32)43/h2-20,43-44H,21H2,1H3,(H,39,45)(H,40,46)(H,41,47)(H,42,48). The number of phenolic OH excluding ortho intramolecular Hbond substituents is 2. The number of aromatic hydroxyl groups is 2. The fourth-order valence-corrected chi connectivity index (χ4v) is 5.24. The minimum absolute atomic E-state index is 0.0169. The van der Waals surface area contributed by atoms with E-state index < -0.39 is 23.6 Å². The molecule has 6 aromatic carbocycles. The first-order valence-electron chi connectivity index (χ1n) is 15.3. The number of hydrogen-bond acceptors (Lipinski definition) is 8. The first kappa shape index (κ1) is 32.8. The summed E-state index contributed by atoms with van der Waals surface area (Å²) in [5.74, 6) is -1.94. The molecule has 0 aliphatic rings. The lowest BCUT2D eigenvalue weighted by atomic mass is 10.0. The molecule has 0 unspecified atom stereocenters. The Bertz CT molecular complexity index is 2250. The summed E-state index contributed by atoms with van der Waals surface area (Å²) in [6.07, 6.45) is 0. The number of methoxy groups -OCH3 is 1. The van der Waals surface area contributed by atoms with E-state index in [2.05, 4.69) is 21.7 Å². The number of ether oxygens (including phenoxy) is 2. The van der Waals surface area contributed by atoms with Crippen molar-refractivity contribution in [1.82, 2.24) is 21.7 Å². The molecule has 0 saturated carbocycles. The van der Waals surface area contributed by atoms with Crippen molar-refractivity contribution in [2.45, 2.75) is 6.61 Å². The summed E-state index contributed by atoms with van der Waals surface area (Å²) in [7, 11) is 1.51. The van der Waals surface area contributed by atoms with E-state index in [1.807, 2.05) is 30.3 Å². The second kappa shape index (κ2) is 14.4. The summed E-state index contributed by atoms with van der Waals surface area (Å²) in [6.45, 7) is 0.108. The number of benzene rings is 6. The summed E-state index contributed by atoms with van der Waals surface area (Å²) in [4.78, 5) is 50.6. The lowest BCUT2D eigenvalue weighted by Gasteiger charge is -2.13. The van der Waals surface area contributed by atoms with Crippen molar-refractivity contribution in [3.8, 4) is 23.0 Å². The van der Waals surface area contributed by atoms with Gasteiger partial charge in [-0.1, -0.05) is 48.5 Å². The Kier molecular flexibility index (Phi) is 9.43. The molecule has 0 bridgehead atoms. The van der Waals surface area contributed by atoms with Gasteiger partial charge in [-0.15, -0.1) is 0 Å². The van der Waals surface area contributed by atoms with Crippen LogP contribution in [-0.4, -0.2) is 41.0 Å². The van der Waals surface area contributed by atoms with Crippen molar-refractivity contribution >= 4 is 45.2 Å². The van der Waals surface area contributed by atoms with Crippen molar-refractivity contribution in [3.05, 3.63) is 143 Å². The maximum absolute atomic E-state index is 12.8. The molecule has 250 valence electrons. The molecule has 4 amide bonds. The Morgan fingerprint density at radius 3 is 1.74 bits per heavy atom. The molecule has 12 nitrogen and oxygen atoms in total. The molecule has 50 heavy (non-hydrogen) atoms. The quantitative estimate of drug-likeness (QED) is 0.121. The Hall–Kier alpha value is -7.08. The Morgan fingerprint density at radius 1 is 0.560 bits per heavy atom. The molecule has 12 heteroatoms. The molecule has 0 aliphatic carbocycles. The number of amides is 4. The molecule has 6 aromatic rings. The first-order valence-corrected chi connectivity index (χ1v) is 15.3. The molecule has 0 aliphatic heterocycles. The lowest BCUT2D eigenvalue weighted by molar-refractivity contribution is 0.0845. The highest BCUT2D eigenvalue weighted by molar-refractivity contribution is 6.06. The van der Waals surface area contributed by atoms with Crippen LogP contribution in [0.1, 0.15) is 47.0 Å². The number of hydrogen-bond donors (Lipinski definition) is 6. The van der Waals surface area contributed by atoms with Gasteiger partial charge in [0.2, 0.25) is 0 Å². The van der Waals surface area contributed by atoms with Crippen LogP contribution in [0.25, 0.3) is 21.5 Å². The molecular formula is C38H30N4O8. The zero-order valence-electron chi connectivity index (χ0n) is 26.5. The normalized spacial score (nSPS) is 10.7. The van der Waals surface area contributed by atoms with Crippen LogP contribution in [-0.2, 0) is 6.61 Å². The number of carbonyl (C=O) groups is 4. The van der Waals surface area contributed by atoms with E-state index in [-0.39, 0.29) is 34.8 Å². The molecule has 0 heterocycles. The van der Waals surface area contributed by atoms with Crippen molar-refractivity contribution in [2.24, 2.45) is 0 Å². The Morgan fingerprint density at radius 2 is 1.12 bits per heavy atom. The van der Waals surface area contributed by atoms with E-state index in [4.69, 9.17) is 9.47 Å². The highest BCUT2D eigenvalue weighted by Gasteiger charge is 2.17. The van der Waals surface area contributed by atoms with E-state index in [0.717, 1.165) is 16.3 Å². The average Bonchev–Trinajstić information content (AvgIpc) is 3.15. The molecule has 0 aromatic heterocycles. The van der Waals surface area contributed by atoms with Gasteiger partial charge in [0.1, 0.15) is 29.6 Å². The zero-order valence-corrected chi connectivity index (χ0v) is 26.5. The van der Waals surface area contributed by atoms with Crippen molar-refractivity contribution < 1.29 is 38.9 Å². The van der Waals surface area contributed by atoms with Crippen LogP contribution in [0.4, 0.5) is 0 Å². The third kappa shape index (κ3) is 7.09. The van der Waals surface area contributed by atoms with Gasteiger partial charge in [0.05, 0.1) is 18.2 Å². The maximum atomic E-state index is 12.8. The zero-order chi connectivity index (χ0) is 35.2. The maximum Gasteiger partial charge on any atom is 0.273 e. The monoisotopic (exact) mass is 670 g/mol. The van der Waals surface area contributed by atoms with Crippen molar-refractivity contribution in [2.75, 3.05) is 7.11 Å². The number of rotatable bonds is 8. The van der Waals surface area contributed by atoms with E-state index in [9.17, 15) is 29.4 Å². The van der Waals surface area contributed by atoms with Gasteiger partial charge in [-0.25, -0.2) is 0 Å². The minimum Gasteiger partial charge on any atom is -0.507 e. The van der Waals surface area contributed by atoms with Crippen LogP contribution in [0.3, 0.4) is 0 Å². The fraction of sp³-hybridized carbons (Fsp3) is 0.0526. The second-order valence-electron chi connectivity index (χ2n) is 11.0. The van der Waals surface area contributed by atoms with Gasteiger partial charge in [0.25, 0.3) is 23.6 Å². The smallest absolute Gasteiger partial charge is 0.273 e. The van der Waals surface area contributed by atoms with Crippen LogP contribution in [0.15, 0.2) is 115 Å². The van der Waals surface area contributed by atoms with E-state index in [1.54, 1.807) is 60.7 Å². The topological polar surface area (TPSA) is 175 Å². The van der Waals surface area contributed by atoms with Gasteiger partial charge in [-0.2, -0.15) is 0 Å². The molecule has 0 spiro atoms. The van der Waals surface area contributed by atoms with Crippen LogP contribution >= 0.6 is 0 Å². The first-order chi connectivity index (χ1) is 24.2. The number of phenols is 2.